The van der Waals surface area contributed by atoms with E-state index in [9.17, 15) is 9.59 Å². The van der Waals surface area contributed by atoms with Crippen LogP contribution in [0.4, 0.5) is 5.69 Å². The number of imidazole rings is 1. The van der Waals surface area contributed by atoms with Crippen LogP contribution in [0.1, 0.15) is 19.7 Å². The van der Waals surface area contributed by atoms with E-state index in [1.54, 1.807) is 0 Å². The molecule has 0 unspecified atom stereocenters. The molecule has 2 aromatic rings. The van der Waals surface area contributed by atoms with E-state index < -0.39 is 5.97 Å². The van der Waals surface area contributed by atoms with Gasteiger partial charge in [-0.1, -0.05) is 6.92 Å². The highest BCUT2D eigenvalue weighted by Crippen LogP contribution is 2.26. The van der Waals surface area contributed by atoms with Crippen molar-refractivity contribution in [3.8, 4) is 0 Å². The summed E-state index contributed by atoms with van der Waals surface area (Å²) in [7, 11) is 1.28. The van der Waals surface area contributed by atoms with Gasteiger partial charge in [0.25, 0.3) is 5.91 Å². The third kappa shape index (κ3) is 3.40. The zero-order valence-electron chi connectivity index (χ0n) is 15.8. The van der Waals surface area contributed by atoms with E-state index in [4.69, 9.17) is 9.84 Å². The lowest BCUT2D eigenvalue weighted by Gasteiger charge is -2.15. The Balaban J connectivity index is 1.96. The van der Waals surface area contributed by atoms with Crippen molar-refractivity contribution in [1.82, 2.24) is 14.5 Å². The number of anilines is 1. The smallest absolute Gasteiger partial charge is 0.337 e. The molecule has 1 aliphatic rings. The number of fused-ring (bicyclic) bond motifs is 1. The highest BCUT2D eigenvalue weighted by atomic mass is 16.5. The van der Waals surface area contributed by atoms with Crippen molar-refractivity contribution in [2.45, 2.75) is 26.8 Å². The van der Waals surface area contributed by atoms with E-state index in [1.807, 2.05) is 18.2 Å². The lowest BCUT2D eigenvalue weighted by atomic mass is 10.2. The van der Waals surface area contributed by atoms with Crippen LogP contribution in [0.3, 0.4) is 0 Å². The summed E-state index contributed by atoms with van der Waals surface area (Å²) in [6.45, 7) is 5.07. The molecular weight excluding hydrogens is 348 g/mol. The van der Waals surface area contributed by atoms with Crippen molar-refractivity contribution in [1.29, 1.82) is 0 Å². The second-order valence-corrected chi connectivity index (χ2v) is 6.25. The van der Waals surface area contributed by atoms with Crippen LogP contribution in [-0.2, 0) is 27.3 Å². The lowest BCUT2D eigenvalue weighted by Crippen LogP contribution is -2.31. The Labute approximate surface area is 157 Å². The number of ether oxygens (including phenoxy) is 1. The second kappa shape index (κ2) is 7.79. The fraction of sp³-hybridized carbons (Fsp3) is 0.421. The van der Waals surface area contributed by atoms with Gasteiger partial charge in [0.15, 0.2) is 0 Å². The number of rotatable bonds is 7. The largest absolute Gasteiger partial charge is 0.466 e. The number of carbonyl (C=O) groups is 2. The number of benzene rings is 1. The molecule has 0 spiro atoms. The van der Waals surface area contributed by atoms with Crippen LogP contribution in [0, 0.1) is 0 Å². The summed E-state index contributed by atoms with van der Waals surface area (Å²) < 4.78 is 6.96. The van der Waals surface area contributed by atoms with Crippen molar-refractivity contribution in [3.63, 3.8) is 0 Å². The Kier molecular flexibility index (Phi) is 5.46. The number of aryl methyl sites for hydroxylation is 2. The van der Waals surface area contributed by atoms with Gasteiger partial charge in [0.05, 0.1) is 36.9 Å². The van der Waals surface area contributed by atoms with E-state index in [0.29, 0.717) is 5.69 Å². The molecular formula is C19H24N4O4. The summed E-state index contributed by atoms with van der Waals surface area (Å²) in [4.78, 5) is 30.8. The van der Waals surface area contributed by atoms with Crippen LogP contribution < -0.4 is 5.32 Å². The number of β-amino-alcohol motifs (C(OH)–C–C–N with tert-alkyl or cyclic N) is 1. The number of hydrogen-bond acceptors (Lipinski definition) is 6. The molecule has 8 heteroatoms. The minimum absolute atomic E-state index is 0.112. The molecule has 0 saturated carbocycles. The standard InChI is InChI=1S/C19H24N4O4/c1-4-16-21-14-10-12(6-7-15(14)23(16)5-2)20-17-13(19(26)27-3)11-22(8-9-24)18(17)25/h6-7,10,20,24H,4-5,8-9,11H2,1-3H3. The summed E-state index contributed by atoms with van der Waals surface area (Å²) in [6, 6.07) is 5.68. The Morgan fingerprint density at radius 2 is 2.15 bits per heavy atom. The van der Waals surface area contributed by atoms with Crippen LogP contribution in [0.2, 0.25) is 0 Å². The van der Waals surface area contributed by atoms with Gasteiger partial charge in [-0.2, -0.15) is 0 Å². The first kappa shape index (κ1) is 18.9. The Bertz CT molecular complexity index is 916. The van der Waals surface area contributed by atoms with Crippen LogP contribution >= 0.6 is 0 Å². The topological polar surface area (TPSA) is 96.7 Å². The molecule has 1 aromatic carbocycles. The average Bonchev–Trinajstić information content (AvgIpc) is 3.19. The summed E-state index contributed by atoms with van der Waals surface area (Å²) in [5.74, 6) is 0.110. The number of methoxy groups -OCH3 is 1. The molecule has 27 heavy (non-hydrogen) atoms. The molecule has 144 valence electrons. The molecule has 3 rings (SSSR count). The van der Waals surface area contributed by atoms with Gasteiger partial charge in [0.1, 0.15) is 11.5 Å². The number of hydrogen-bond donors (Lipinski definition) is 2. The molecule has 1 amide bonds. The summed E-state index contributed by atoms with van der Waals surface area (Å²) in [5, 5.41) is 12.2. The zero-order chi connectivity index (χ0) is 19.6. The summed E-state index contributed by atoms with van der Waals surface area (Å²) in [5.41, 5.74) is 2.96. The number of aliphatic hydroxyl groups is 1. The molecule has 0 fully saturated rings. The third-order valence-electron chi connectivity index (χ3n) is 4.68. The molecule has 8 nitrogen and oxygen atoms in total. The van der Waals surface area contributed by atoms with E-state index in [-0.39, 0.29) is 36.9 Å². The first-order chi connectivity index (χ1) is 13.0. The molecule has 1 aromatic heterocycles. The molecule has 1 aliphatic heterocycles. The molecule has 2 N–H and O–H groups in total. The van der Waals surface area contributed by atoms with Crippen LogP contribution in [0.15, 0.2) is 29.5 Å². The number of esters is 1. The first-order valence-electron chi connectivity index (χ1n) is 9.01. The fourth-order valence-corrected chi connectivity index (χ4v) is 3.37. The van der Waals surface area contributed by atoms with E-state index in [1.165, 1.54) is 12.0 Å². The lowest BCUT2D eigenvalue weighted by molar-refractivity contribution is -0.136. The summed E-state index contributed by atoms with van der Waals surface area (Å²) in [6.07, 6.45) is 0.831. The third-order valence-corrected chi connectivity index (χ3v) is 4.68. The maximum Gasteiger partial charge on any atom is 0.337 e. The Hall–Kier alpha value is -2.87. The predicted octanol–water partition coefficient (Wildman–Crippen LogP) is 1.29. The number of aromatic nitrogens is 2. The van der Waals surface area contributed by atoms with Gasteiger partial charge in [-0.15, -0.1) is 0 Å². The van der Waals surface area contributed by atoms with E-state index >= 15 is 0 Å². The minimum Gasteiger partial charge on any atom is -0.466 e. The van der Waals surface area contributed by atoms with E-state index in [0.717, 1.165) is 29.8 Å². The molecule has 0 saturated heterocycles. The highest BCUT2D eigenvalue weighted by Gasteiger charge is 2.34. The maximum atomic E-state index is 12.6. The highest BCUT2D eigenvalue weighted by molar-refractivity contribution is 6.08. The molecule has 0 radical (unpaired) electrons. The Morgan fingerprint density at radius 3 is 2.78 bits per heavy atom. The van der Waals surface area contributed by atoms with Crippen molar-refractivity contribution in [2.75, 3.05) is 32.1 Å². The quantitative estimate of drug-likeness (QED) is 0.711. The van der Waals surface area contributed by atoms with Gasteiger partial charge in [0, 0.05) is 25.2 Å². The molecule has 0 aliphatic carbocycles. The molecule has 0 atom stereocenters. The van der Waals surface area contributed by atoms with Crippen molar-refractivity contribution < 1.29 is 19.4 Å². The van der Waals surface area contributed by atoms with Gasteiger partial charge in [0.2, 0.25) is 0 Å². The number of carbonyl (C=O) groups excluding carboxylic acids is 2. The second-order valence-electron chi connectivity index (χ2n) is 6.25. The van der Waals surface area contributed by atoms with Gasteiger partial charge in [-0.05, 0) is 25.1 Å². The molecule has 0 bridgehead atoms. The van der Waals surface area contributed by atoms with Crippen molar-refractivity contribution >= 4 is 28.6 Å². The SMILES string of the molecule is CCc1nc2cc(NC3=C(C(=O)OC)CN(CCO)C3=O)ccc2n1CC. The number of nitrogens with one attached hydrogen (secondary N) is 1. The summed E-state index contributed by atoms with van der Waals surface area (Å²) >= 11 is 0. The van der Waals surface area contributed by atoms with Crippen molar-refractivity contribution in [2.24, 2.45) is 0 Å². The average molecular weight is 372 g/mol. The maximum absolute atomic E-state index is 12.6. The molecule has 2 heterocycles. The Morgan fingerprint density at radius 1 is 1.37 bits per heavy atom. The fourth-order valence-electron chi connectivity index (χ4n) is 3.37. The number of amides is 1. The van der Waals surface area contributed by atoms with Crippen molar-refractivity contribution in [3.05, 3.63) is 35.3 Å². The van der Waals surface area contributed by atoms with Crippen LogP contribution in [0.5, 0.6) is 0 Å². The van der Waals surface area contributed by atoms with E-state index in [2.05, 4.69) is 28.7 Å². The number of aliphatic hydroxyl groups excluding tert-OH is 1. The van der Waals surface area contributed by atoms with Crippen LogP contribution in [-0.4, -0.2) is 58.2 Å². The zero-order valence-corrected chi connectivity index (χ0v) is 15.8. The monoisotopic (exact) mass is 372 g/mol. The predicted molar refractivity (Wildman–Crippen MR) is 101 cm³/mol. The minimum atomic E-state index is -0.559. The van der Waals surface area contributed by atoms with Gasteiger partial charge >= 0.3 is 5.97 Å². The normalized spacial score (nSPS) is 14.4. The number of nitrogens with zero attached hydrogens (tertiary/aromatic N) is 3. The first-order valence-corrected chi connectivity index (χ1v) is 9.01. The van der Waals surface area contributed by atoms with Crippen LogP contribution in [0.25, 0.3) is 11.0 Å². The van der Waals surface area contributed by atoms with Gasteiger partial charge in [-0.3, -0.25) is 4.79 Å². The van der Waals surface area contributed by atoms with Gasteiger partial charge < -0.3 is 24.6 Å². The van der Waals surface area contributed by atoms with Gasteiger partial charge in [-0.25, -0.2) is 9.78 Å².